The average Bonchev–Trinajstić information content (AvgIpc) is 2.47. The van der Waals surface area contributed by atoms with Crippen molar-refractivity contribution in [2.75, 3.05) is 18.5 Å². The van der Waals surface area contributed by atoms with Gasteiger partial charge in [-0.1, -0.05) is 12.6 Å². The van der Waals surface area contributed by atoms with Crippen LogP contribution in [0.3, 0.4) is 0 Å². The Morgan fingerprint density at radius 2 is 2.00 bits per heavy atom. The quantitative estimate of drug-likeness (QED) is 0.287. The molecule has 116 valence electrons. The Morgan fingerprint density at radius 3 is 2.64 bits per heavy atom. The summed E-state index contributed by atoms with van der Waals surface area (Å²) in [5, 5.41) is 2.51. The van der Waals surface area contributed by atoms with Crippen LogP contribution in [0.15, 0.2) is 35.3 Å². The van der Waals surface area contributed by atoms with Gasteiger partial charge in [-0.15, -0.1) is 0 Å². The van der Waals surface area contributed by atoms with E-state index in [9.17, 15) is 14.4 Å². The summed E-state index contributed by atoms with van der Waals surface area (Å²) in [5.74, 6) is -0.542. The number of carbonyl (C=O) groups excluding carboxylic acids is 3. The average molecular weight is 304 g/mol. The second-order valence-electron chi connectivity index (χ2n) is 4.33. The molecule has 0 spiro atoms. The predicted molar refractivity (Wildman–Crippen MR) is 79.7 cm³/mol. The van der Waals surface area contributed by atoms with Gasteiger partial charge in [0, 0.05) is 11.3 Å². The Labute approximate surface area is 127 Å². The van der Waals surface area contributed by atoms with Gasteiger partial charge in [-0.25, -0.2) is 14.4 Å². The van der Waals surface area contributed by atoms with Crippen LogP contribution in [-0.4, -0.2) is 31.4 Å². The number of anilines is 1. The van der Waals surface area contributed by atoms with Crippen molar-refractivity contribution in [3.8, 4) is 0 Å². The molecule has 1 N–H and O–H groups in total. The number of amides is 1. The van der Waals surface area contributed by atoms with Crippen molar-refractivity contribution in [3.05, 3.63) is 35.9 Å². The molecule has 0 heterocycles. The van der Waals surface area contributed by atoms with Crippen molar-refractivity contribution < 1.29 is 23.9 Å². The van der Waals surface area contributed by atoms with Crippen LogP contribution in [0.2, 0.25) is 0 Å². The van der Waals surface area contributed by atoms with Gasteiger partial charge >= 0.3 is 12.1 Å². The first-order valence-corrected chi connectivity index (χ1v) is 6.39. The van der Waals surface area contributed by atoms with E-state index in [2.05, 4.69) is 16.9 Å². The Kier molecular flexibility index (Phi) is 6.53. The summed E-state index contributed by atoms with van der Waals surface area (Å²) in [4.78, 5) is 36.5. The zero-order chi connectivity index (χ0) is 16.5. The highest BCUT2D eigenvalue weighted by molar-refractivity contribution is 5.87. The third kappa shape index (κ3) is 5.22. The maximum atomic E-state index is 11.6. The summed E-state index contributed by atoms with van der Waals surface area (Å²) < 4.78 is 9.64. The summed E-state index contributed by atoms with van der Waals surface area (Å²) >= 11 is 0. The Bertz CT molecular complexity index is 633. The number of isocyanates is 1. The maximum absolute atomic E-state index is 11.6. The molecular weight excluding hydrogens is 288 g/mol. The van der Waals surface area contributed by atoms with Crippen molar-refractivity contribution >= 4 is 29.5 Å². The third-order valence-corrected chi connectivity index (χ3v) is 2.61. The summed E-state index contributed by atoms with van der Waals surface area (Å²) in [7, 11) is 0. The molecule has 1 aromatic carbocycles. The number of aliphatic imine (C=N–C) groups is 1. The Morgan fingerprint density at radius 1 is 1.32 bits per heavy atom. The molecule has 22 heavy (non-hydrogen) atoms. The summed E-state index contributed by atoms with van der Waals surface area (Å²) in [6.45, 7) is 6.49. The van der Waals surface area contributed by atoms with Crippen LogP contribution in [0.4, 0.5) is 16.2 Å². The fourth-order valence-electron chi connectivity index (χ4n) is 1.47. The molecule has 7 heteroatoms. The highest BCUT2D eigenvalue weighted by Gasteiger charge is 2.09. The van der Waals surface area contributed by atoms with Crippen LogP contribution in [-0.2, 0) is 19.1 Å². The molecule has 0 aliphatic rings. The zero-order valence-electron chi connectivity index (χ0n) is 12.3. The Hall–Kier alpha value is -2.92. The number of nitrogens with one attached hydrogen (secondary N) is 1. The Balaban J connectivity index is 2.49. The van der Waals surface area contributed by atoms with E-state index in [1.165, 1.54) is 13.0 Å². The minimum atomic E-state index is -0.707. The minimum Gasteiger partial charge on any atom is -0.459 e. The number of ether oxygens (including phenoxy) is 2. The molecule has 0 radical (unpaired) electrons. The summed E-state index contributed by atoms with van der Waals surface area (Å²) in [6.07, 6.45) is 0.736. The summed E-state index contributed by atoms with van der Waals surface area (Å²) in [5.41, 5.74) is 1.74. The first-order valence-electron chi connectivity index (χ1n) is 6.39. The second-order valence-corrected chi connectivity index (χ2v) is 4.33. The number of carbonyl (C=O) groups is 2. The largest absolute Gasteiger partial charge is 0.459 e. The molecule has 1 aromatic rings. The van der Waals surface area contributed by atoms with Crippen LogP contribution in [0.5, 0.6) is 0 Å². The van der Waals surface area contributed by atoms with E-state index < -0.39 is 12.1 Å². The van der Waals surface area contributed by atoms with Gasteiger partial charge in [-0.3, -0.25) is 5.32 Å². The molecule has 0 saturated heterocycles. The molecule has 0 atom stereocenters. The van der Waals surface area contributed by atoms with Gasteiger partial charge in [-0.05, 0) is 31.5 Å². The van der Waals surface area contributed by atoms with E-state index in [4.69, 9.17) is 9.47 Å². The maximum Gasteiger partial charge on any atom is 0.411 e. The van der Waals surface area contributed by atoms with Gasteiger partial charge in [0.2, 0.25) is 6.08 Å². The van der Waals surface area contributed by atoms with Gasteiger partial charge in [0.1, 0.15) is 13.2 Å². The van der Waals surface area contributed by atoms with Crippen LogP contribution in [0, 0.1) is 6.92 Å². The highest BCUT2D eigenvalue weighted by Crippen LogP contribution is 2.25. The zero-order valence-corrected chi connectivity index (χ0v) is 12.3. The van der Waals surface area contributed by atoms with Crippen molar-refractivity contribution in [3.63, 3.8) is 0 Å². The first kappa shape index (κ1) is 17.1. The van der Waals surface area contributed by atoms with Crippen molar-refractivity contribution in [1.29, 1.82) is 0 Å². The standard InChI is InChI=1S/C15H16N2O5/c1-10(2)14(19)21-7-8-22-15(20)17-13-6-4-5-12(11(13)3)16-9-18/h4-6H,1,7-8H2,2-3H3,(H,17,20). The molecule has 1 amide bonds. The SMILES string of the molecule is C=C(C)C(=O)OCCOC(=O)Nc1cccc(N=C=O)c1C. The molecular formula is C15H16N2O5. The molecule has 0 bridgehead atoms. The number of hydrogen-bond acceptors (Lipinski definition) is 6. The van der Waals surface area contributed by atoms with Crippen LogP contribution >= 0.6 is 0 Å². The van der Waals surface area contributed by atoms with Crippen molar-refractivity contribution in [2.45, 2.75) is 13.8 Å². The lowest BCUT2D eigenvalue weighted by molar-refractivity contribution is -0.139. The molecule has 0 unspecified atom stereocenters. The van der Waals surface area contributed by atoms with Crippen LogP contribution in [0.25, 0.3) is 0 Å². The second kappa shape index (κ2) is 8.39. The first-order chi connectivity index (χ1) is 10.5. The van der Waals surface area contributed by atoms with Gasteiger partial charge in [0.15, 0.2) is 0 Å². The molecule has 1 rings (SSSR count). The molecule has 0 aliphatic carbocycles. The molecule has 0 saturated carbocycles. The van der Waals surface area contributed by atoms with Crippen molar-refractivity contribution in [2.24, 2.45) is 4.99 Å². The molecule has 0 fully saturated rings. The highest BCUT2D eigenvalue weighted by atomic mass is 16.6. The summed E-state index contributed by atoms with van der Waals surface area (Å²) in [6, 6.07) is 4.89. The normalized spacial score (nSPS) is 9.36. The predicted octanol–water partition coefficient (Wildman–Crippen LogP) is 2.63. The van der Waals surface area contributed by atoms with Crippen LogP contribution in [0.1, 0.15) is 12.5 Å². The number of rotatable bonds is 6. The number of hydrogen-bond donors (Lipinski definition) is 1. The lowest BCUT2D eigenvalue weighted by Crippen LogP contribution is -2.18. The fourth-order valence-corrected chi connectivity index (χ4v) is 1.47. The molecule has 7 nitrogen and oxygen atoms in total. The topological polar surface area (TPSA) is 94.1 Å². The van der Waals surface area contributed by atoms with E-state index in [1.54, 1.807) is 25.1 Å². The van der Waals surface area contributed by atoms with E-state index in [1.807, 2.05) is 0 Å². The monoisotopic (exact) mass is 304 g/mol. The van der Waals surface area contributed by atoms with Gasteiger partial charge in [-0.2, -0.15) is 4.99 Å². The van der Waals surface area contributed by atoms with E-state index >= 15 is 0 Å². The third-order valence-electron chi connectivity index (χ3n) is 2.61. The lowest BCUT2D eigenvalue weighted by atomic mass is 10.1. The number of benzene rings is 1. The van der Waals surface area contributed by atoms with E-state index in [-0.39, 0.29) is 18.8 Å². The van der Waals surface area contributed by atoms with Gasteiger partial charge < -0.3 is 9.47 Å². The minimum absolute atomic E-state index is 0.0619. The van der Waals surface area contributed by atoms with Gasteiger partial charge in [0.05, 0.1) is 5.69 Å². The van der Waals surface area contributed by atoms with Crippen LogP contribution < -0.4 is 5.32 Å². The molecule has 0 aliphatic heterocycles. The fraction of sp³-hybridized carbons (Fsp3) is 0.267. The van der Waals surface area contributed by atoms with Gasteiger partial charge in [0.25, 0.3) is 0 Å². The lowest BCUT2D eigenvalue weighted by Gasteiger charge is -2.10. The molecule has 0 aromatic heterocycles. The number of esters is 1. The van der Waals surface area contributed by atoms with Crippen molar-refractivity contribution in [1.82, 2.24) is 0 Å². The number of nitrogens with zero attached hydrogens (tertiary/aromatic N) is 1. The van der Waals surface area contributed by atoms with E-state index in [0.717, 1.165) is 0 Å². The van der Waals surface area contributed by atoms with E-state index in [0.29, 0.717) is 16.9 Å². The smallest absolute Gasteiger partial charge is 0.411 e.